The van der Waals surface area contributed by atoms with Crippen LogP contribution in [0.25, 0.3) is 0 Å². The SMILES string of the molecule is CCCCCCCCCCCCCCCCCC(=O)Cc1cc(O)cc(=O)o1. The van der Waals surface area contributed by atoms with E-state index in [1.807, 2.05) is 0 Å². The fourth-order valence-corrected chi connectivity index (χ4v) is 3.58. The zero-order valence-electron chi connectivity index (χ0n) is 17.8. The zero-order valence-corrected chi connectivity index (χ0v) is 17.8. The minimum atomic E-state index is -0.616. The Labute approximate surface area is 170 Å². The van der Waals surface area contributed by atoms with Crippen LogP contribution >= 0.6 is 0 Å². The highest BCUT2D eigenvalue weighted by Gasteiger charge is 2.08. The van der Waals surface area contributed by atoms with Crippen molar-refractivity contribution in [1.29, 1.82) is 0 Å². The molecule has 160 valence electrons. The Morgan fingerprint density at radius 2 is 1.25 bits per heavy atom. The van der Waals surface area contributed by atoms with Crippen LogP contribution in [0.5, 0.6) is 5.75 Å². The van der Waals surface area contributed by atoms with Gasteiger partial charge in [-0.05, 0) is 6.42 Å². The van der Waals surface area contributed by atoms with Gasteiger partial charge in [-0.2, -0.15) is 0 Å². The average molecular weight is 393 g/mol. The van der Waals surface area contributed by atoms with Crippen molar-refractivity contribution in [2.75, 3.05) is 0 Å². The summed E-state index contributed by atoms with van der Waals surface area (Å²) < 4.78 is 4.92. The van der Waals surface area contributed by atoms with Crippen LogP contribution in [-0.4, -0.2) is 10.9 Å². The third-order valence-electron chi connectivity index (χ3n) is 5.24. The van der Waals surface area contributed by atoms with Gasteiger partial charge in [0.15, 0.2) is 0 Å². The van der Waals surface area contributed by atoms with Gasteiger partial charge in [-0.1, -0.05) is 96.8 Å². The first-order chi connectivity index (χ1) is 13.6. The number of hydrogen-bond acceptors (Lipinski definition) is 4. The Hall–Kier alpha value is -1.58. The molecule has 0 aliphatic rings. The molecule has 4 heteroatoms. The Balaban J connectivity index is 1.87. The van der Waals surface area contributed by atoms with E-state index < -0.39 is 5.63 Å². The van der Waals surface area contributed by atoms with Crippen molar-refractivity contribution < 1.29 is 14.3 Å². The molecule has 28 heavy (non-hydrogen) atoms. The van der Waals surface area contributed by atoms with Crippen LogP contribution in [0.15, 0.2) is 21.3 Å². The molecule has 0 bridgehead atoms. The van der Waals surface area contributed by atoms with Crippen LogP contribution in [0.2, 0.25) is 0 Å². The summed E-state index contributed by atoms with van der Waals surface area (Å²) in [5.74, 6) is 0.158. The molecule has 0 radical (unpaired) electrons. The molecule has 4 nitrogen and oxygen atoms in total. The molecule has 0 spiro atoms. The number of hydrogen-bond donors (Lipinski definition) is 1. The van der Waals surface area contributed by atoms with Crippen molar-refractivity contribution in [3.05, 3.63) is 28.3 Å². The van der Waals surface area contributed by atoms with E-state index in [0.29, 0.717) is 6.42 Å². The van der Waals surface area contributed by atoms with Crippen molar-refractivity contribution in [2.45, 2.75) is 116 Å². The Kier molecular flexibility index (Phi) is 14.3. The van der Waals surface area contributed by atoms with E-state index >= 15 is 0 Å². The molecule has 0 saturated carbocycles. The molecule has 0 atom stereocenters. The summed E-state index contributed by atoms with van der Waals surface area (Å²) in [6.07, 6.45) is 20.2. The second kappa shape index (κ2) is 16.4. The smallest absolute Gasteiger partial charge is 0.339 e. The minimum absolute atomic E-state index is 0.0587. The van der Waals surface area contributed by atoms with Gasteiger partial charge in [-0.25, -0.2) is 4.79 Å². The maximum atomic E-state index is 11.9. The molecular formula is C24H40O4. The van der Waals surface area contributed by atoms with Crippen LogP contribution < -0.4 is 5.63 Å². The number of Topliss-reactive ketones (excluding diaryl/α,β-unsaturated/α-hetero) is 1. The number of unbranched alkanes of at least 4 members (excludes halogenated alkanes) is 14. The first-order valence-corrected chi connectivity index (χ1v) is 11.5. The van der Waals surface area contributed by atoms with Crippen LogP contribution in [0.4, 0.5) is 0 Å². The molecule has 0 amide bonds. The summed E-state index contributed by atoms with van der Waals surface area (Å²) in [5.41, 5.74) is -0.616. The lowest BCUT2D eigenvalue weighted by Gasteiger charge is -2.04. The van der Waals surface area contributed by atoms with Crippen molar-refractivity contribution >= 4 is 5.78 Å². The second-order valence-electron chi connectivity index (χ2n) is 8.02. The number of rotatable bonds is 18. The van der Waals surface area contributed by atoms with E-state index in [1.165, 1.54) is 89.5 Å². The fourth-order valence-electron chi connectivity index (χ4n) is 3.58. The van der Waals surface area contributed by atoms with Crippen LogP contribution in [0, 0.1) is 0 Å². The molecule has 0 aliphatic carbocycles. The highest BCUT2D eigenvalue weighted by atomic mass is 16.4. The maximum Gasteiger partial charge on any atom is 0.339 e. The molecular weight excluding hydrogens is 352 g/mol. The minimum Gasteiger partial charge on any atom is -0.508 e. The van der Waals surface area contributed by atoms with Gasteiger partial charge >= 0.3 is 5.63 Å². The van der Waals surface area contributed by atoms with Gasteiger partial charge in [0.05, 0.1) is 12.5 Å². The summed E-state index contributed by atoms with van der Waals surface area (Å²) in [5, 5.41) is 9.35. The van der Waals surface area contributed by atoms with Gasteiger partial charge < -0.3 is 9.52 Å². The summed E-state index contributed by atoms with van der Waals surface area (Å²) in [6.45, 7) is 2.26. The molecule has 1 rings (SSSR count). The largest absolute Gasteiger partial charge is 0.508 e. The molecule has 1 aromatic rings. The van der Waals surface area contributed by atoms with Gasteiger partial charge in [-0.15, -0.1) is 0 Å². The predicted molar refractivity (Wildman–Crippen MR) is 115 cm³/mol. The maximum absolute atomic E-state index is 11.9. The monoisotopic (exact) mass is 392 g/mol. The van der Waals surface area contributed by atoms with Crippen LogP contribution in [-0.2, 0) is 11.2 Å². The predicted octanol–water partition coefficient (Wildman–Crippen LogP) is 6.72. The highest BCUT2D eigenvalue weighted by Crippen LogP contribution is 2.14. The quantitative estimate of drug-likeness (QED) is 0.282. The van der Waals surface area contributed by atoms with Crippen molar-refractivity contribution in [1.82, 2.24) is 0 Å². The van der Waals surface area contributed by atoms with Gasteiger partial charge in [0.2, 0.25) is 0 Å². The third kappa shape index (κ3) is 13.6. The first-order valence-electron chi connectivity index (χ1n) is 11.5. The second-order valence-corrected chi connectivity index (χ2v) is 8.02. The molecule has 0 aliphatic heterocycles. The fraction of sp³-hybridized carbons (Fsp3) is 0.750. The molecule has 0 fully saturated rings. The number of ketones is 1. The summed E-state index contributed by atoms with van der Waals surface area (Å²) in [7, 11) is 0. The van der Waals surface area contributed by atoms with E-state index in [4.69, 9.17) is 4.42 Å². The zero-order chi connectivity index (χ0) is 20.5. The highest BCUT2D eigenvalue weighted by molar-refractivity contribution is 5.80. The third-order valence-corrected chi connectivity index (χ3v) is 5.24. The van der Waals surface area contributed by atoms with Gasteiger partial charge in [-0.3, -0.25) is 4.79 Å². The number of aromatic hydroxyl groups is 1. The topological polar surface area (TPSA) is 67.5 Å². The van der Waals surface area contributed by atoms with Gasteiger partial charge in [0.1, 0.15) is 17.3 Å². The first kappa shape index (κ1) is 24.5. The summed E-state index contributed by atoms with van der Waals surface area (Å²) >= 11 is 0. The Bertz CT molecular complexity index is 576. The van der Waals surface area contributed by atoms with Gasteiger partial charge in [0, 0.05) is 12.5 Å². The molecule has 0 aromatic carbocycles. The van der Waals surface area contributed by atoms with E-state index in [-0.39, 0.29) is 23.7 Å². The molecule has 0 unspecified atom stereocenters. The molecule has 0 saturated heterocycles. The van der Waals surface area contributed by atoms with E-state index in [9.17, 15) is 14.7 Å². The summed E-state index contributed by atoms with van der Waals surface area (Å²) in [4.78, 5) is 23.1. The average Bonchev–Trinajstić information content (AvgIpc) is 2.64. The Morgan fingerprint density at radius 1 is 0.786 bits per heavy atom. The van der Waals surface area contributed by atoms with Gasteiger partial charge in [0.25, 0.3) is 0 Å². The van der Waals surface area contributed by atoms with Crippen molar-refractivity contribution in [3.8, 4) is 5.75 Å². The van der Waals surface area contributed by atoms with E-state index in [1.54, 1.807) is 0 Å². The lowest BCUT2D eigenvalue weighted by molar-refractivity contribution is -0.118. The van der Waals surface area contributed by atoms with Crippen molar-refractivity contribution in [2.24, 2.45) is 0 Å². The normalized spacial score (nSPS) is 11.0. The van der Waals surface area contributed by atoms with E-state index in [0.717, 1.165) is 18.9 Å². The molecule has 1 heterocycles. The standard InChI is InChI=1S/C24H40O4/c1-2-3-4-5-6-7-8-9-10-11-12-13-14-15-16-17-21(25)18-23-19-22(26)20-24(27)28-23/h19-20,26H,2-18H2,1H3. The number of carbonyl (C=O) groups excluding carboxylic acids is 1. The number of carbonyl (C=O) groups is 1. The van der Waals surface area contributed by atoms with Crippen LogP contribution in [0.1, 0.15) is 115 Å². The molecule has 1 N–H and O–H groups in total. The summed E-state index contributed by atoms with van der Waals surface area (Å²) in [6, 6.07) is 2.34. The lowest BCUT2D eigenvalue weighted by Crippen LogP contribution is -2.06. The molecule has 1 aromatic heterocycles. The van der Waals surface area contributed by atoms with Crippen molar-refractivity contribution in [3.63, 3.8) is 0 Å². The van der Waals surface area contributed by atoms with Crippen LogP contribution in [0.3, 0.4) is 0 Å². The lowest BCUT2D eigenvalue weighted by atomic mass is 10.0. The Morgan fingerprint density at radius 3 is 1.71 bits per heavy atom. The van der Waals surface area contributed by atoms with E-state index in [2.05, 4.69) is 6.92 Å².